The first-order valence-corrected chi connectivity index (χ1v) is 8.37. The molecular formula is C19H22N4O2. The van der Waals surface area contributed by atoms with Crippen molar-refractivity contribution in [2.24, 2.45) is 0 Å². The van der Waals surface area contributed by atoms with Crippen LogP contribution in [0.5, 0.6) is 0 Å². The number of fused-ring (bicyclic) bond motifs is 1. The summed E-state index contributed by atoms with van der Waals surface area (Å²) in [6.45, 7) is 4.84. The van der Waals surface area contributed by atoms with Crippen LogP contribution in [0.4, 0.5) is 11.4 Å². The van der Waals surface area contributed by atoms with Crippen LogP contribution in [0.1, 0.15) is 19.4 Å². The normalized spacial score (nSPS) is 13.4. The molecule has 1 N–H and O–H groups in total. The van der Waals surface area contributed by atoms with E-state index in [4.69, 9.17) is 0 Å². The molecule has 1 aliphatic heterocycles. The number of carbonyl (C=O) groups excluding carboxylic acids is 2. The van der Waals surface area contributed by atoms with Crippen molar-refractivity contribution in [2.75, 3.05) is 23.3 Å². The van der Waals surface area contributed by atoms with E-state index in [2.05, 4.69) is 10.3 Å². The van der Waals surface area contributed by atoms with E-state index in [0.717, 1.165) is 16.9 Å². The molecule has 1 aromatic carbocycles. The van der Waals surface area contributed by atoms with E-state index < -0.39 is 0 Å². The molecule has 0 radical (unpaired) electrons. The van der Waals surface area contributed by atoms with Gasteiger partial charge in [-0.25, -0.2) is 0 Å². The van der Waals surface area contributed by atoms with Gasteiger partial charge < -0.3 is 15.1 Å². The van der Waals surface area contributed by atoms with Crippen molar-refractivity contribution >= 4 is 23.2 Å². The number of carbonyl (C=O) groups is 2. The zero-order chi connectivity index (χ0) is 17.8. The van der Waals surface area contributed by atoms with Gasteiger partial charge in [-0.2, -0.15) is 0 Å². The Balaban J connectivity index is 1.76. The molecular weight excluding hydrogens is 316 g/mol. The first kappa shape index (κ1) is 17.0. The minimum absolute atomic E-state index is 0.0108. The molecule has 0 aliphatic carbocycles. The molecule has 1 aliphatic rings. The largest absolute Gasteiger partial charge is 0.351 e. The third kappa shape index (κ3) is 3.96. The SMILES string of the molecule is CC(C)N(Cc1cccnc1)C(=O)CN1CC(=O)Nc2ccccc21. The highest BCUT2D eigenvalue weighted by Crippen LogP contribution is 2.28. The molecule has 0 bridgehead atoms. The first-order valence-electron chi connectivity index (χ1n) is 8.37. The number of rotatable bonds is 5. The Morgan fingerprint density at radius 3 is 2.80 bits per heavy atom. The summed E-state index contributed by atoms with van der Waals surface area (Å²) in [5.74, 6) is -0.113. The average Bonchev–Trinajstić information content (AvgIpc) is 2.60. The van der Waals surface area contributed by atoms with Gasteiger partial charge >= 0.3 is 0 Å². The van der Waals surface area contributed by atoms with E-state index in [9.17, 15) is 9.59 Å². The molecule has 0 spiro atoms. The number of nitrogens with zero attached hydrogens (tertiary/aromatic N) is 3. The van der Waals surface area contributed by atoms with Crippen molar-refractivity contribution in [2.45, 2.75) is 26.4 Å². The van der Waals surface area contributed by atoms with Gasteiger partial charge in [-0.3, -0.25) is 14.6 Å². The minimum atomic E-state index is -0.102. The highest BCUT2D eigenvalue weighted by atomic mass is 16.2. The van der Waals surface area contributed by atoms with E-state index in [1.165, 1.54) is 0 Å². The van der Waals surface area contributed by atoms with E-state index in [1.807, 2.05) is 60.0 Å². The van der Waals surface area contributed by atoms with E-state index in [-0.39, 0.29) is 30.9 Å². The van der Waals surface area contributed by atoms with Gasteiger partial charge in [0.05, 0.1) is 24.5 Å². The Kier molecular flexibility index (Phi) is 4.97. The lowest BCUT2D eigenvalue weighted by molar-refractivity contribution is -0.132. The van der Waals surface area contributed by atoms with Crippen LogP contribution in [0.15, 0.2) is 48.8 Å². The Morgan fingerprint density at radius 2 is 2.08 bits per heavy atom. The fourth-order valence-corrected chi connectivity index (χ4v) is 2.95. The molecule has 0 saturated carbocycles. The van der Waals surface area contributed by atoms with Gasteiger partial charge in [0.2, 0.25) is 11.8 Å². The van der Waals surface area contributed by atoms with Crippen molar-refractivity contribution < 1.29 is 9.59 Å². The third-order valence-electron chi connectivity index (χ3n) is 4.20. The van der Waals surface area contributed by atoms with Gasteiger partial charge in [0, 0.05) is 25.0 Å². The van der Waals surface area contributed by atoms with Gasteiger partial charge in [0.25, 0.3) is 0 Å². The summed E-state index contributed by atoms with van der Waals surface area (Å²) in [7, 11) is 0. The Hall–Kier alpha value is -2.89. The maximum absolute atomic E-state index is 12.9. The molecule has 6 heteroatoms. The average molecular weight is 338 g/mol. The minimum Gasteiger partial charge on any atom is -0.351 e. The van der Waals surface area contributed by atoms with Crippen LogP contribution in [0.3, 0.4) is 0 Å². The van der Waals surface area contributed by atoms with Crippen LogP contribution in [0, 0.1) is 0 Å². The number of hydrogen-bond acceptors (Lipinski definition) is 4. The lowest BCUT2D eigenvalue weighted by Gasteiger charge is -2.34. The molecule has 2 heterocycles. The lowest BCUT2D eigenvalue weighted by Crippen LogP contribution is -2.47. The summed E-state index contributed by atoms with van der Waals surface area (Å²) in [5.41, 5.74) is 2.61. The van der Waals surface area contributed by atoms with Gasteiger partial charge in [-0.1, -0.05) is 18.2 Å². The van der Waals surface area contributed by atoms with E-state index in [0.29, 0.717) is 6.54 Å². The van der Waals surface area contributed by atoms with Gasteiger partial charge in [0.1, 0.15) is 0 Å². The van der Waals surface area contributed by atoms with Crippen molar-refractivity contribution in [1.82, 2.24) is 9.88 Å². The highest BCUT2D eigenvalue weighted by Gasteiger charge is 2.26. The predicted molar refractivity (Wildman–Crippen MR) is 97.2 cm³/mol. The van der Waals surface area contributed by atoms with Crippen LogP contribution < -0.4 is 10.2 Å². The van der Waals surface area contributed by atoms with Gasteiger partial charge in [-0.05, 0) is 37.6 Å². The highest BCUT2D eigenvalue weighted by molar-refractivity contribution is 6.02. The smallest absolute Gasteiger partial charge is 0.243 e. The van der Waals surface area contributed by atoms with Crippen molar-refractivity contribution in [3.8, 4) is 0 Å². The van der Waals surface area contributed by atoms with Crippen molar-refractivity contribution in [1.29, 1.82) is 0 Å². The molecule has 3 rings (SSSR count). The predicted octanol–water partition coefficient (Wildman–Crippen LogP) is 2.28. The second-order valence-corrected chi connectivity index (χ2v) is 6.40. The molecule has 6 nitrogen and oxygen atoms in total. The van der Waals surface area contributed by atoms with Gasteiger partial charge in [-0.15, -0.1) is 0 Å². The first-order chi connectivity index (χ1) is 12.0. The third-order valence-corrected chi connectivity index (χ3v) is 4.20. The molecule has 25 heavy (non-hydrogen) atoms. The fraction of sp³-hybridized carbons (Fsp3) is 0.316. The van der Waals surface area contributed by atoms with Gasteiger partial charge in [0.15, 0.2) is 0 Å². The molecule has 1 aromatic heterocycles. The van der Waals surface area contributed by atoms with Crippen LogP contribution in [0.25, 0.3) is 0 Å². The summed E-state index contributed by atoms with van der Waals surface area (Å²) in [4.78, 5) is 32.6. The maximum Gasteiger partial charge on any atom is 0.243 e. The number of pyridine rings is 1. The molecule has 0 atom stereocenters. The number of benzene rings is 1. The van der Waals surface area contributed by atoms with Crippen molar-refractivity contribution in [3.05, 3.63) is 54.4 Å². The van der Waals surface area contributed by atoms with Crippen LogP contribution >= 0.6 is 0 Å². The molecule has 130 valence electrons. The fourth-order valence-electron chi connectivity index (χ4n) is 2.95. The topological polar surface area (TPSA) is 65.5 Å². The number of anilines is 2. The van der Waals surface area contributed by atoms with E-state index >= 15 is 0 Å². The Morgan fingerprint density at radius 1 is 1.28 bits per heavy atom. The molecule has 0 fully saturated rings. The second kappa shape index (κ2) is 7.34. The van der Waals surface area contributed by atoms with Crippen LogP contribution in [-0.2, 0) is 16.1 Å². The number of amides is 2. The summed E-state index contributed by atoms with van der Waals surface area (Å²) in [6.07, 6.45) is 3.49. The number of hydrogen-bond donors (Lipinski definition) is 1. The quantitative estimate of drug-likeness (QED) is 0.908. The Labute approximate surface area is 147 Å². The summed E-state index contributed by atoms with van der Waals surface area (Å²) < 4.78 is 0. The molecule has 0 saturated heterocycles. The van der Waals surface area contributed by atoms with Crippen molar-refractivity contribution in [3.63, 3.8) is 0 Å². The number of para-hydroxylation sites is 2. The summed E-state index contributed by atoms with van der Waals surface area (Å²) in [6, 6.07) is 11.4. The second-order valence-electron chi connectivity index (χ2n) is 6.40. The molecule has 0 unspecified atom stereocenters. The number of nitrogens with one attached hydrogen (secondary N) is 1. The van der Waals surface area contributed by atoms with E-state index in [1.54, 1.807) is 12.4 Å². The maximum atomic E-state index is 12.9. The zero-order valence-corrected chi connectivity index (χ0v) is 14.5. The summed E-state index contributed by atoms with van der Waals surface area (Å²) >= 11 is 0. The number of aromatic nitrogens is 1. The molecule has 2 aromatic rings. The monoisotopic (exact) mass is 338 g/mol. The zero-order valence-electron chi connectivity index (χ0n) is 14.5. The van der Waals surface area contributed by atoms with Crippen LogP contribution in [-0.4, -0.2) is 40.8 Å². The lowest BCUT2D eigenvalue weighted by atomic mass is 10.1. The standard InChI is InChI=1S/C19H22N4O2/c1-14(2)23(11-15-6-5-9-20-10-15)19(25)13-22-12-18(24)21-16-7-3-4-8-17(16)22/h3-10,14H,11-13H2,1-2H3,(H,21,24). The van der Waals surface area contributed by atoms with Crippen LogP contribution in [0.2, 0.25) is 0 Å². The molecule has 2 amide bonds. The summed E-state index contributed by atoms with van der Waals surface area (Å²) in [5, 5.41) is 2.84. The Bertz CT molecular complexity index is 761.